The van der Waals surface area contributed by atoms with Gasteiger partial charge >= 0.3 is 0 Å². The minimum absolute atomic E-state index is 0.0496. The van der Waals surface area contributed by atoms with Gasteiger partial charge in [-0.05, 0) is 52.6 Å². The molecule has 0 spiro atoms. The van der Waals surface area contributed by atoms with Gasteiger partial charge in [0.05, 0.1) is 7.11 Å². The van der Waals surface area contributed by atoms with E-state index in [9.17, 15) is 0 Å². The van der Waals surface area contributed by atoms with Crippen molar-refractivity contribution in [3.05, 3.63) is 84.2 Å². The Morgan fingerprint density at radius 3 is 2.28 bits per heavy atom. The molecule has 0 unspecified atom stereocenters. The number of hydrogen-bond acceptors (Lipinski definition) is 3. The van der Waals surface area contributed by atoms with Crippen LogP contribution in [0, 0.1) is 0 Å². The van der Waals surface area contributed by atoms with E-state index in [2.05, 4.69) is 22.1 Å². The third-order valence-electron chi connectivity index (χ3n) is 3.91. The molecule has 0 saturated heterocycles. The van der Waals surface area contributed by atoms with Crippen LogP contribution in [0.15, 0.2) is 78.0 Å². The normalized spacial score (nSPS) is 11.6. The summed E-state index contributed by atoms with van der Waals surface area (Å²) in [6, 6.07) is 19.6. The predicted octanol–water partition coefficient (Wildman–Crippen LogP) is 3.12. The molecule has 1 aromatic heterocycles. The number of nitrogens with two attached hydrogens (primary N) is 2. The Balaban J connectivity index is 2.05. The summed E-state index contributed by atoms with van der Waals surface area (Å²) in [5.41, 5.74) is 15.4. The van der Waals surface area contributed by atoms with Gasteiger partial charge in [0.2, 0.25) is 0 Å². The molecule has 3 aromatic rings. The first-order valence-corrected chi connectivity index (χ1v) is 7.90. The Morgan fingerprint density at radius 2 is 1.60 bits per heavy atom. The van der Waals surface area contributed by atoms with Crippen molar-refractivity contribution >= 4 is 5.96 Å². The third-order valence-corrected chi connectivity index (χ3v) is 3.91. The highest BCUT2D eigenvalue weighted by Crippen LogP contribution is 2.30. The van der Waals surface area contributed by atoms with Gasteiger partial charge in [0.1, 0.15) is 11.8 Å². The van der Waals surface area contributed by atoms with E-state index in [-0.39, 0.29) is 12.0 Å². The fraction of sp³-hybridized carbons (Fsp3) is 0.100. The average Bonchev–Trinajstić information content (AvgIpc) is 2.67. The number of pyridine rings is 1. The van der Waals surface area contributed by atoms with E-state index < -0.39 is 0 Å². The zero-order valence-electron chi connectivity index (χ0n) is 14.0. The number of hydrogen-bond donors (Lipinski definition) is 2. The lowest BCUT2D eigenvalue weighted by atomic mass is 9.96. The number of aliphatic imine (C=N–C) groups is 1. The van der Waals surface area contributed by atoms with Crippen LogP contribution in [0.4, 0.5) is 0 Å². The molecule has 0 amide bonds. The lowest BCUT2D eigenvalue weighted by Crippen LogP contribution is -2.24. The Labute approximate surface area is 147 Å². The number of nitrogens with zero attached hydrogens (tertiary/aromatic N) is 2. The SMILES string of the molecule is COc1cccc(-c2cccc([C@H](N=C(N)N)c3ccncc3)c2)c1. The number of guanidine groups is 1. The molecule has 25 heavy (non-hydrogen) atoms. The molecule has 1 heterocycles. The van der Waals surface area contributed by atoms with Crippen molar-refractivity contribution in [1.29, 1.82) is 0 Å². The van der Waals surface area contributed by atoms with E-state index in [4.69, 9.17) is 16.2 Å². The molecule has 0 saturated carbocycles. The van der Waals surface area contributed by atoms with Crippen molar-refractivity contribution in [3.8, 4) is 16.9 Å². The van der Waals surface area contributed by atoms with Crippen molar-refractivity contribution in [2.75, 3.05) is 7.11 Å². The fourth-order valence-electron chi connectivity index (χ4n) is 2.73. The third kappa shape index (κ3) is 3.95. The second-order valence-electron chi connectivity index (χ2n) is 5.59. The van der Waals surface area contributed by atoms with Gasteiger partial charge in [0, 0.05) is 12.4 Å². The molecule has 0 radical (unpaired) electrons. The topological polar surface area (TPSA) is 86.5 Å². The van der Waals surface area contributed by atoms with Gasteiger partial charge in [-0.3, -0.25) is 4.98 Å². The van der Waals surface area contributed by atoms with E-state index in [1.807, 2.05) is 48.5 Å². The standard InChI is InChI=1S/C20H20N4O/c1-25-18-7-3-5-16(13-18)15-4-2-6-17(12-15)19(24-20(21)22)14-8-10-23-11-9-14/h2-13,19H,1H3,(H4,21,22,24)/t19-/m1/s1. The highest BCUT2D eigenvalue weighted by molar-refractivity contribution is 5.76. The van der Waals surface area contributed by atoms with Crippen molar-refractivity contribution in [1.82, 2.24) is 4.98 Å². The molecule has 5 heteroatoms. The number of benzene rings is 2. The maximum Gasteiger partial charge on any atom is 0.186 e. The predicted molar refractivity (Wildman–Crippen MR) is 100 cm³/mol. The first-order chi connectivity index (χ1) is 12.2. The summed E-state index contributed by atoms with van der Waals surface area (Å²) in [5, 5.41) is 0. The van der Waals surface area contributed by atoms with E-state index in [1.54, 1.807) is 19.5 Å². The summed E-state index contributed by atoms with van der Waals surface area (Å²) >= 11 is 0. The van der Waals surface area contributed by atoms with Gasteiger partial charge < -0.3 is 16.2 Å². The smallest absolute Gasteiger partial charge is 0.186 e. The first-order valence-electron chi connectivity index (χ1n) is 7.90. The largest absolute Gasteiger partial charge is 0.497 e. The van der Waals surface area contributed by atoms with Crippen LogP contribution in [0.1, 0.15) is 17.2 Å². The van der Waals surface area contributed by atoms with Gasteiger partial charge in [-0.25, -0.2) is 4.99 Å². The molecule has 0 bridgehead atoms. The highest BCUT2D eigenvalue weighted by Gasteiger charge is 2.14. The molecular weight excluding hydrogens is 312 g/mol. The van der Waals surface area contributed by atoms with Crippen LogP contribution in [0.25, 0.3) is 11.1 Å². The molecule has 4 N–H and O–H groups in total. The number of ether oxygens (including phenoxy) is 1. The summed E-state index contributed by atoms with van der Waals surface area (Å²) in [4.78, 5) is 8.47. The van der Waals surface area contributed by atoms with E-state index >= 15 is 0 Å². The van der Waals surface area contributed by atoms with Crippen LogP contribution in [0.5, 0.6) is 5.75 Å². The van der Waals surface area contributed by atoms with E-state index in [1.165, 1.54) is 0 Å². The molecule has 5 nitrogen and oxygen atoms in total. The van der Waals surface area contributed by atoms with Crippen molar-refractivity contribution < 1.29 is 4.74 Å². The van der Waals surface area contributed by atoms with Crippen LogP contribution in [-0.4, -0.2) is 18.1 Å². The van der Waals surface area contributed by atoms with E-state index in [0.29, 0.717) is 0 Å². The van der Waals surface area contributed by atoms with Gasteiger partial charge in [0.25, 0.3) is 0 Å². The zero-order valence-corrected chi connectivity index (χ0v) is 14.0. The zero-order chi connectivity index (χ0) is 17.6. The van der Waals surface area contributed by atoms with Gasteiger partial charge in [-0.15, -0.1) is 0 Å². The number of aromatic nitrogens is 1. The van der Waals surface area contributed by atoms with Gasteiger partial charge in [-0.2, -0.15) is 0 Å². The summed E-state index contributed by atoms with van der Waals surface area (Å²) in [5.74, 6) is 0.867. The van der Waals surface area contributed by atoms with Crippen LogP contribution in [-0.2, 0) is 0 Å². The molecule has 0 aliphatic heterocycles. The minimum atomic E-state index is -0.279. The minimum Gasteiger partial charge on any atom is -0.497 e. The molecule has 0 aliphatic carbocycles. The van der Waals surface area contributed by atoms with Crippen LogP contribution in [0.3, 0.4) is 0 Å². The van der Waals surface area contributed by atoms with Gasteiger partial charge in [0.15, 0.2) is 5.96 Å². The van der Waals surface area contributed by atoms with Crippen molar-refractivity contribution in [3.63, 3.8) is 0 Å². The second-order valence-corrected chi connectivity index (χ2v) is 5.59. The number of rotatable bonds is 5. The van der Waals surface area contributed by atoms with E-state index in [0.717, 1.165) is 28.0 Å². The fourth-order valence-corrected chi connectivity index (χ4v) is 2.73. The Hall–Kier alpha value is -3.34. The molecule has 0 aliphatic rings. The first kappa shape index (κ1) is 16.5. The lowest BCUT2D eigenvalue weighted by molar-refractivity contribution is 0.415. The molecule has 1 atom stereocenters. The Kier molecular flexibility index (Phi) is 4.95. The van der Waals surface area contributed by atoms with Crippen LogP contribution < -0.4 is 16.2 Å². The summed E-state index contributed by atoms with van der Waals surface area (Å²) in [6.07, 6.45) is 3.47. The molecule has 126 valence electrons. The lowest BCUT2D eigenvalue weighted by Gasteiger charge is -2.15. The second kappa shape index (κ2) is 7.49. The Morgan fingerprint density at radius 1 is 0.920 bits per heavy atom. The molecule has 3 rings (SSSR count). The highest BCUT2D eigenvalue weighted by atomic mass is 16.5. The maximum absolute atomic E-state index is 5.65. The van der Waals surface area contributed by atoms with Crippen molar-refractivity contribution in [2.45, 2.75) is 6.04 Å². The Bertz CT molecular complexity index is 874. The molecule has 0 fully saturated rings. The molecular formula is C20H20N4O. The van der Waals surface area contributed by atoms with Crippen molar-refractivity contribution in [2.24, 2.45) is 16.5 Å². The summed E-state index contributed by atoms with van der Waals surface area (Å²) < 4.78 is 5.31. The molecule has 2 aromatic carbocycles. The van der Waals surface area contributed by atoms with Gasteiger partial charge in [-0.1, -0.05) is 30.3 Å². The average molecular weight is 332 g/mol. The summed E-state index contributed by atoms with van der Waals surface area (Å²) in [7, 11) is 1.66. The van der Waals surface area contributed by atoms with Crippen LogP contribution in [0.2, 0.25) is 0 Å². The summed E-state index contributed by atoms with van der Waals surface area (Å²) in [6.45, 7) is 0. The number of methoxy groups -OCH3 is 1. The quantitative estimate of drug-likeness (QED) is 0.555. The maximum atomic E-state index is 5.65. The van der Waals surface area contributed by atoms with Crippen LogP contribution >= 0.6 is 0 Å². The monoisotopic (exact) mass is 332 g/mol.